The van der Waals surface area contributed by atoms with Crippen LogP contribution < -0.4 is 0 Å². The Morgan fingerprint density at radius 1 is 0.652 bits per heavy atom. The topological polar surface area (TPSA) is 74.6 Å². The maximum atomic E-state index is 10.1. The minimum Gasteiger partial charge on any atom is -0.478 e. The number of aliphatic carboxylic acids is 2. The Balaban J connectivity index is 0.000000403. The molecule has 0 fully saturated rings. The van der Waals surface area contributed by atoms with Gasteiger partial charge in [0.2, 0.25) is 0 Å². The first-order valence-electron chi connectivity index (χ1n) is 6.50. The molecule has 2 radical (unpaired) electrons. The molecule has 114 valence electrons. The van der Waals surface area contributed by atoms with Crippen LogP contribution in [0.5, 0.6) is 0 Å². The summed E-state index contributed by atoms with van der Waals surface area (Å²) in [6, 6.07) is 18.6. The van der Waals surface area contributed by atoms with E-state index in [0.29, 0.717) is 0 Å². The summed E-state index contributed by atoms with van der Waals surface area (Å²) in [5.74, 6) is -1.84. The molecule has 0 amide bonds. The van der Waals surface area contributed by atoms with Crippen molar-refractivity contribution in [1.29, 1.82) is 0 Å². The van der Waals surface area contributed by atoms with Crippen molar-refractivity contribution < 1.29 is 19.8 Å². The van der Waals surface area contributed by atoms with Crippen molar-refractivity contribution in [3.63, 3.8) is 0 Å². The van der Waals surface area contributed by atoms with Gasteiger partial charge in [0.1, 0.15) is 0 Å². The molecule has 0 saturated carbocycles. The molecule has 0 unspecified atom stereocenters. The average Bonchev–Trinajstić information content (AvgIpc) is 2.53. The van der Waals surface area contributed by atoms with E-state index >= 15 is 0 Å². The van der Waals surface area contributed by atoms with E-state index in [1.54, 1.807) is 12.2 Å². The SMILES string of the molecule is O=C(O)C=Cc1ccccc1.O=C(O)C=Cc1ccccc1.[Ca]. The van der Waals surface area contributed by atoms with Crippen LogP contribution in [-0.2, 0) is 9.59 Å². The number of carboxylic acids is 2. The van der Waals surface area contributed by atoms with Gasteiger partial charge in [-0.3, -0.25) is 0 Å². The number of carboxylic acid groups (broad SMARTS) is 2. The van der Waals surface area contributed by atoms with Crippen LogP contribution in [-0.4, -0.2) is 59.9 Å². The van der Waals surface area contributed by atoms with Crippen molar-refractivity contribution in [2.45, 2.75) is 0 Å². The smallest absolute Gasteiger partial charge is 0.328 e. The van der Waals surface area contributed by atoms with Gasteiger partial charge in [0.25, 0.3) is 0 Å². The summed E-state index contributed by atoms with van der Waals surface area (Å²) in [4.78, 5) is 20.2. The number of rotatable bonds is 4. The predicted molar refractivity (Wildman–Crippen MR) is 92.0 cm³/mol. The van der Waals surface area contributed by atoms with Gasteiger partial charge in [0.05, 0.1) is 0 Å². The molecule has 4 nitrogen and oxygen atoms in total. The van der Waals surface area contributed by atoms with Gasteiger partial charge < -0.3 is 10.2 Å². The van der Waals surface area contributed by atoms with Crippen LogP contribution in [0.25, 0.3) is 12.2 Å². The number of hydrogen-bond donors (Lipinski definition) is 2. The minimum absolute atomic E-state index is 0. The first-order valence-corrected chi connectivity index (χ1v) is 6.50. The van der Waals surface area contributed by atoms with Gasteiger partial charge in [-0.2, -0.15) is 0 Å². The van der Waals surface area contributed by atoms with E-state index in [2.05, 4.69) is 0 Å². The standard InChI is InChI=1S/2C9H8O2.Ca/c2*10-9(11)7-6-8-4-2-1-3-5-8;/h2*1-7H,(H,10,11);. The third-order valence-electron chi connectivity index (χ3n) is 2.44. The molecule has 2 N–H and O–H groups in total. The molecular weight excluding hydrogens is 320 g/mol. The van der Waals surface area contributed by atoms with Crippen LogP contribution in [0, 0.1) is 0 Å². The van der Waals surface area contributed by atoms with Gasteiger partial charge in [0.15, 0.2) is 0 Å². The molecule has 0 heterocycles. The van der Waals surface area contributed by atoms with Crippen LogP contribution in [0.3, 0.4) is 0 Å². The van der Waals surface area contributed by atoms with E-state index in [9.17, 15) is 9.59 Å². The summed E-state index contributed by atoms with van der Waals surface area (Å²) < 4.78 is 0. The Kier molecular flexibility index (Phi) is 11.6. The van der Waals surface area contributed by atoms with Crippen molar-refractivity contribution in [3.8, 4) is 0 Å². The van der Waals surface area contributed by atoms with Crippen LogP contribution in [0.15, 0.2) is 72.8 Å². The first-order chi connectivity index (χ1) is 10.6. The maximum absolute atomic E-state index is 10.1. The van der Waals surface area contributed by atoms with E-state index in [0.717, 1.165) is 23.3 Å². The van der Waals surface area contributed by atoms with Crippen LogP contribution >= 0.6 is 0 Å². The number of hydrogen-bond acceptors (Lipinski definition) is 2. The van der Waals surface area contributed by atoms with Gasteiger partial charge in [-0.05, 0) is 23.3 Å². The third-order valence-corrected chi connectivity index (χ3v) is 2.44. The number of benzene rings is 2. The molecule has 0 aliphatic rings. The van der Waals surface area contributed by atoms with Crippen LogP contribution in [0.1, 0.15) is 11.1 Å². The fourth-order valence-corrected chi connectivity index (χ4v) is 1.46. The second-order valence-electron chi connectivity index (χ2n) is 4.16. The Morgan fingerprint density at radius 2 is 0.957 bits per heavy atom. The fraction of sp³-hybridized carbons (Fsp3) is 0. The molecule has 23 heavy (non-hydrogen) atoms. The normalized spacial score (nSPS) is 9.74. The van der Waals surface area contributed by atoms with E-state index in [4.69, 9.17) is 10.2 Å². The summed E-state index contributed by atoms with van der Waals surface area (Å²) in [5.41, 5.74) is 1.80. The molecule has 0 aliphatic carbocycles. The molecule has 0 aromatic heterocycles. The van der Waals surface area contributed by atoms with Gasteiger partial charge in [-0.25, -0.2) is 9.59 Å². The van der Waals surface area contributed by atoms with Crippen molar-refractivity contribution in [3.05, 3.63) is 83.9 Å². The Labute approximate surface area is 164 Å². The van der Waals surface area contributed by atoms with E-state index in [1.165, 1.54) is 0 Å². The molecule has 0 aliphatic heterocycles. The van der Waals surface area contributed by atoms with Gasteiger partial charge >= 0.3 is 11.9 Å². The van der Waals surface area contributed by atoms with Crippen molar-refractivity contribution in [2.24, 2.45) is 0 Å². The van der Waals surface area contributed by atoms with Crippen LogP contribution in [0.4, 0.5) is 0 Å². The minimum atomic E-state index is -0.922. The molecule has 0 atom stereocenters. The van der Waals surface area contributed by atoms with Gasteiger partial charge in [-0.1, -0.05) is 60.7 Å². The molecule has 2 aromatic rings. The number of carbonyl (C=O) groups is 2. The molecule has 0 spiro atoms. The summed E-state index contributed by atoms with van der Waals surface area (Å²) in [6.07, 6.45) is 5.36. The van der Waals surface area contributed by atoms with Crippen LogP contribution in [0.2, 0.25) is 0 Å². The summed E-state index contributed by atoms with van der Waals surface area (Å²) >= 11 is 0. The van der Waals surface area contributed by atoms with E-state index < -0.39 is 11.9 Å². The summed E-state index contributed by atoms with van der Waals surface area (Å²) in [7, 11) is 0. The van der Waals surface area contributed by atoms with Crippen molar-refractivity contribution >= 4 is 61.8 Å². The van der Waals surface area contributed by atoms with Gasteiger partial charge in [0, 0.05) is 49.9 Å². The monoisotopic (exact) mass is 336 g/mol. The molecular formula is C18H16CaO4. The van der Waals surface area contributed by atoms with Crippen molar-refractivity contribution in [1.82, 2.24) is 0 Å². The quantitative estimate of drug-likeness (QED) is 0.664. The Morgan fingerprint density at radius 3 is 1.22 bits per heavy atom. The zero-order valence-electron chi connectivity index (χ0n) is 12.5. The molecule has 0 saturated heterocycles. The fourth-order valence-electron chi connectivity index (χ4n) is 1.46. The molecule has 2 rings (SSSR count). The van der Waals surface area contributed by atoms with E-state index in [-0.39, 0.29) is 37.7 Å². The Bertz CT molecular complexity index is 590. The third kappa shape index (κ3) is 11.4. The zero-order valence-corrected chi connectivity index (χ0v) is 14.7. The second-order valence-corrected chi connectivity index (χ2v) is 4.16. The zero-order chi connectivity index (χ0) is 16.2. The van der Waals surface area contributed by atoms with E-state index in [1.807, 2.05) is 60.7 Å². The second kappa shape index (κ2) is 12.6. The first kappa shape index (κ1) is 21.1. The van der Waals surface area contributed by atoms with Gasteiger partial charge in [-0.15, -0.1) is 0 Å². The molecule has 5 heteroatoms. The molecule has 0 bridgehead atoms. The summed E-state index contributed by atoms with van der Waals surface area (Å²) in [6.45, 7) is 0. The predicted octanol–water partition coefficient (Wildman–Crippen LogP) is 3.19. The summed E-state index contributed by atoms with van der Waals surface area (Å²) in [5, 5.41) is 16.6. The Hall–Kier alpha value is -1.88. The molecule has 2 aromatic carbocycles. The largest absolute Gasteiger partial charge is 0.478 e. The van der Waals surface area contributed by atoms with Crippen molar-refractivity contribution in [2.75, 3.05) is 0 Å². The maximum Gasteiger partial charge on any atom is 0.328 e. The average molecular weight is 336 g/mol.